The van der Waals surface area contributed by atoms with Crippen LogP contribution in [0.15, 0.2) is 59.6 Å². The molecule has 0 bridgehead atoms. The maximum atomic E-state index is 13.5. The lowest BCUT2D eigenvalue weighted by molar-refractivity contribution is 0.0513. The summed E-state index contributed by atoms with van der Waals surface area (Å²) in [5.41, 5.74) is 2.41. The summed E-state index contributed by atoms with van der Waals surface area (Å²) in [6.07, 6.45) is 4.34. The van der Waals surface area contributed by atoms with Crippen LogP contribution in [-0.4, -0.2) is 57.3 Å². The van der Waals surface area contributed by atoms with Crippen LogP contribution < -0.4 is 10.6 Å². The summed E-state index contributed by atoms with van der Waals surface area (Å²) in [5, 5.41) is 7.13. The van der Waals surface area contributed by atoms with Gasteiger partial charge in [-0.25, -0.2) is 4.39 Å². The lowest BCUT2D eigenvalue weighted by atomic mass is 9.74. The summed E-state index contributed by atoms with van der Waals surface area (Å²) in [5.74, 6) is 0.605. The van der Waals surface area contributed by atoms with Crippen LogP contribution >= 0.6 is 0 Å². The normalized spacial score (nSPS) is 20.1. The fourth-order valence-electron chi connectivity index (χ4n) is 4.99. The fraction of sp³-hybridized carbons (Fsp3) is 0.500. The average molecular weight is 439 g/mol. The van der Waals surface area contributed by atoms with E-state index in [4.69, 9.17) is 4.74 Å². The van der Waals surface area contributed by atoms with E-state index in [-0.39, 0.29) is 11.2 Å². The molecule has 0 spiro atoms. The van der Waals surface area contributed by atoms with Crippen LogP contribution in [0.2, 0.25) is 0 Å². The molecular formula is C26H35FN4O. The zero-order valence-electron chi connectivity index (χ0n) is 19.0. The van der Waals surface area contributed by atoms with E-state index in [0.717, 1.165) is 63.8 Å². The van der Waals surface area contributed by atoms with Gasteiger partial charge in [0.15, 0.2) is 5.96 Å². The Hall–Kier alpha value is -2.44. The maximum Gasteiger partial charge on any atom is 0.191 e. The zero-order valence-corrected chi connectivity index (χ0v) is 19.0. The highest BCUT2D eigenvalue weighted by molar-refractivity contribution is 5.79. The molecule has 2 heterocycles. The van der Waals surface area contributed by atoms with E-state index < -0.39 is 0 Å². The standard InChI is InChI=1S/C26H35FN4O/c1-28-25(29-19-24(31-15-5-6-16-31)21-7-3-2-4-8-21)30-20-26(13-17-32-18-14-26)22-9-11-23(27)12-10-22/h2-4,7-12,24H,5-6,13-20H2,1H3,(H2,28,29,30). The van der Waals surface area contributed by atoms with Crippen molar-refractivity contribution in [3.8, 4) is 0 Å². The Morgan fingerprint density at radius 1 is 1.03 bits per heavy atom. The van der Waals surface area contributed by atoms with Crippen molar-refractivity contribution in [2.24, 2.45) is 4.99 Å². The van der Waals surface area contributed by atoms with Crippen molar-refractivity contribution >= 4 is 5.96 Å². The van der Waals surface area contributed by atoms with Gasteiger partial charge in [-0.1, -0.05) is 42.5 Å². The van der Waals surface area contributed by atoms with Gasteiger partial charge in [0.05, 0.1) is 6.04 Å². The summed E-state index contributed by atoms with van der Waals surface area (Å²) in [6, 6.07) is 18.0. The van der Waals surface area contributed by atoms with Crippen LogP contribution in [0.1, 0.15) is 42.9 Å². The summed E-state index contributed by atoms with van der Waals surface area (Å²) in [7, 11) is 1.82. The van der Waals surface area contributed by atoms with Gasteiger partial charge in [0.1, 0.15) is 5.82 Å². The van der Waals surface area contributed by atoms with Crippen LogP contribution in [0.25, 0.3) is 0 Å². The maximum absolute atomic E-state index is 13.5. The van der Waals surface area contributed by atoms with Crippen molar-refractivity contribution in [3.63, 3.8) is 0 Å². The third-order valence-electron chi connectivity index (χ3n) is 6.95. The number of halogens is 1. The molecule has 2 saturated heterocycles. The Balaban J connectivity index is 1.42. The number of hydrogen-bond donors (Lipinski definition) is 2. The Kier molecular flexibility index (Phi) is 7.76. The van der Waals surface area contributed by atoms with Gasteiger partial charge in [0.25, 0.3) is 0 Å². The molecule has 0 aromatic heterocycles. The second-order valence-corrected chi connectivity index (χ2v) is 8.88. The van der Waals surface area contributed by atoms with Gasteiger partial charge in [-0.05, 0) is 62.0 Å². The number of nitrogens with one attached hydrogen (secondary N) is 2. The first-order chi connectivity index (χ1) is 15.7. The van der Waals surface area contributed by atoms with Crippen molar-refractivity contribution in [1.82, 2.24) is 15.5 Å². The first-order valence-corrected chi connectivity index (χ1v) is 11.8. The molecule has 6 heteroatoms. The Labute approximate surface area is 191 Å². The van der Waals surface area contributed by atoms with Gasteiger partial charge in [0.2, 0.25) is 0 Å². The minimum atomic E-state index is -0.199. The molecule has 2 N–H and O–H groups in total. The van der Waals surface area contributed by atoms with Crippen LogP contribution in [0.3, 0.4) is 0 Å². The Morgan fingerprint density at radius 2 is 1.72 bits per heavy atom. The summed E-state index contributed by atoms with van der Waals surface area (Å²) in [6.45, 7) is 5.26. The van der Waals surface area contributed by atoms with Crippen LogP contribution in [0, 0.1) is 5.82 Å². The van der Waals surface area contributed by atoms with Gasteiger partial charge < -0.3 is 15.4 Å². The predicted molar refractivity (Wildman–Crippen MR) is 127 cm³/mol. The molecule has 0 aliphatic carbocycles. The monoisotopic (exact) mass is 438 g/mol. The molecule has 2 aliphatic heterocycles. The van der Waals surface area contributed by atoms with Crippen molar-refractivity contribution in [1.29, 1.82) is 0 Å². The van der Waals surface area contributed by atoms with E-state index in [1.54, 1.807) is 12.1 Å². The molecule has 2 fully saturated rings. The first-order valence-electron chi connectivity index (χ1n) is 11.8. The first kappa shape index (κ1) is 22.7. The fourth-order valence-corrected chi connectivity index (χ4v) is 4.99. The van der Waals surface area contributed by atoms with E-state index in [1.165, 1.54) is 18.4 Å². The van der Waals surface area contributed by atoms with Crippen LogP contribution in [0.5, 0.6) is 0 Å². The highest BCUT2D eigenvalue weighted by Crippen LogP contribution is 2.34. The number of benzene rings is 2. The second-order valence-electron chi connectivity index (χ2n) is 8.88. The van der Waals surface area contributed by atoms with Crippen molar-refractivity contribution in [3.05, 3.63) is 71.5 Å². The molecule has 1 unspecified atom stereocenters. The minimum absolute atomic E-state index is 0.0860. The third-order valence-corrected chi connectivity index (χ3v) is 6.95. The zero-order chi connectivity index (χ0) is 22.2. The topological polar surface area (TPSA) is 48.9 Å². The lowest BCUT2D eigenvalue weighted by Gasteiger charge is -2.38. The molecule has 32 heavy (non-hydrogen) atoms. The van der Waals surface area contributed by atoms with Gasteiger partial charge in [-0.3, -0.25) is 9.89 Å². The number of guanidine groups is 1. The van der Waals surface area contributed by atoms with Gasteiger partial charge in [-0.15, -0.1) is 0 Å². The van der Waals surface area contributed by atoms with Crippen LogP contribution in [0.4, 0.5) is 4.39 Å². The number of ether oxygens (including phenoxy) is 1. The third kappa shape index (κ3) is 5.48. The highest BCUT2D eigenvalue weighted by atomic mass is 19.1. The minimum Gasteiger partial charge on any atom is -0.381 e. The van der Waals surface area contributed by atoms with E-state index >= 15 is 0 Å². The number of likely N-dealkylation sites (tertiary alicyclic amines) is 1. The molecule has 0 radical (unpaired) electrons. The van der Waals surface area contributed by atoms with Crippen molar-refractivity contribution in [2.45, 2.75) is 37.1 Å². The molecule has 2 aromatic rings. The van der Waals surface area contributed by atoms with E-state index in [2.05, 4.69) is 50.9 Å². The molecular weight excluding hydrogens is 403 g/mol. The van der Waals surface area contributed by atoms with Crippen LogP contribution in [-0.2, 0) is 10.2 Å². The number of rotatable bonds is 7. The molecule has 0 amide bonds. The molecule has 172 valence electrons. The summed E-state index contributed by atoms with van der Waals surface area (Å²) in [4.78, 5) is 7.05. The summed E-state index contributed by atoms with van der Waals surface area (Å²) < 4.78 is 19.2. The second kappa shape index (κ2) is 10.9. The predicted octanol–water partition coefficient (Wildman–Crippen LogP) is 3.88. The molecule has 4 rings (SSSR count). The largest absolute Gasteiger partial charge is 0.381 e. The Bertz CT molecular complexity index is 859. The molecule has 2 aliphatic rings. The van der Waals surface area contributed by atoms with E-state index in [9.17, 15) is 4.39 Å². The average Bonchev–Trinajstić information content (AvgIpc) is 3.37. The van der Waals surface area contributed by atoms with E-state index in [1.807, 2.05) is 19.2 Å². The summed E-state index contributed by atoms with van der Waals surface area (Å²) >= 11 is 0. The quantitative estimate of drug-likeness (QED) is 0.509. The van der Waals surface area contributed by atoms with Crippen molar-refractivity contribution in [2.75, 3.05) is 46.4 Å². The molecule has 0 saturated carbocycles. The van der Waals surface area contributed by atoms with E-state index in [0.29, 0.717) is 6.04 Å². The van der Waals surface area contributed by atoms with Gasteiger partial charge >= 0.3 is 0 Å². The molecule has 1 atom stereocenters. The molecule has 5 nitrogen and oxygen atoms in total. The van der Waals surface area contributed by atoms with Gasteiger partial charge in [0, 0.05) is 38.8 Å². The lowest BCUT2D eigenvalue weighted by Crippen LogP contribution is -2.49. The molecule has 2 aromatic carbocycles. The highest BCUT2D eigenvalue weighted by Gasteiger charge is 2.34. The van der Waals surface area contributed by atoms with Gasteiger partial charge in [-0.2, -0.15) is 0 Å². The number of aliphatic imine (C=N–C) groups is 1. The van der Waals surface area contributed by atoms with Crippen molar-refractivity contribution < 1.29 is 9.13 Å². The smallest absolute Gasteiger partial charge is 0.191 e. The number of hydrogen-bond acceptors (Lipinski definition) is 3. The SMILES string of the molecule is CN=C(NCC(c1ccccc1)N1CCCC1)NCC1(c2ccc(F)cc2)CCOCC1. The Morgan fingerprint density at radius 3 is 2.38 bits per heavy atom. The number of nitrogens with zero attached hydrogens (tertiary/aromatic N) is 2.